The lowest BCUT2D eigenvalue weighted by Crippen LogP contribution is -2.53. The van der Waals surface area contributed by atoms with Crippen molar-refractivity contribution in [2.45, 2.75) is 18.6 Å². The highest BCUT2D eigenvalue weighted by Crippen LogP contribution is 2.53. The van der Waals surface area contributed by atoms with Crippen LogP contribution in [0.4, 0.5) is 14.5 Å². The molecule has 0 fully saturated rings. The molecule has 0 radical (unpaired) electrons. The molecule has 0 saturated carbocycles. The van der Waals surface area contributed by atoms with Crippen LogP contribution in [0, 0.1) is 11.6 Å². The van der Waals surface area contributed by atoms with E-state index in [4.69, 9.17) is 16.0 Å². The van der Waals surface area contributed by atoms with Crippen molar-refractivity contribution in [2.75, 3.05) is 4.90 Å². The van der Waals surface area contributed by atoms with Gasteiger partial charge in [0.15, 0.2) is 11.0 Å². The summed E-state index contributed by atoms with van der Waals surface area (Å²) in [6, 6.07) is 23.0. The molecule has 41 heavy (non-hydrogen) atoms. The third-order valence-electron chi connectivity index (χ3n) is 7.74. The van der Waals surface area contributed by atoms with E-state index in [0.29, 0.717) is 27.4 Å². The van der Waals surface area contributed by atoms with Gasteiger partial charge >= 0.3 is 0 Å². The van der Waals surface area contributed by atoms with Gasteiger partial charge in [-0.1, -0.05) is 60.1 Å². The van der Waals surface area contributed by atoms with Crippen LogP contribution >= 0.6 is 11.6 Å². The Morgan fingerprint density at radius 3 is 2.29 bits per heavy atom. The average molecular weight is 569 g/mol. The molecule has 1 unspecified atom stereocenters. The smallest absolute Gasteiger partial charge is 0.291 e. The van der Waals surface area contributed by atoms with Crippen molar-refractivity contribution >= 4 is 40.1 Å². The molecule has 2 aliphatic rings. The molecule has 1 atom stereocenters. The van der Waals surface area contributed by atoms with Crippen molar-refractivity contribution < 1.29 is 22.8 Å². The molecule has 2 amide bonds. The molecule has 9 heteroatoms. The number of carbonyl (C=O) groups excluding carboxylic acids is 2. The number of amides is 2. The van der Waals surface area contributed by atoms with Crippen LogP contribution in [0.1, 0.15) is 32.8 Å². The largest absolute Gasteiger partial charge is 0.450 e. The Labute approximate surface area is 237 Å². The zero-order valence-electron chi connectivity index (χ0n) is 21.2. The highest BCUT2D eigenvalue weighted by Gasteiger charge is 2.65. The van der Waals surface area contributed by atoms with Gasteiger partial charge in [0.1, 0.15) is 17.2 Å². The normalized spacial score (nSPS) is 17.5. The van der Waals surface area contributed by atoms with Gasteiger partial charge in [-0.05, 0) is 53.6 Å². The Hall–Kier alpha value is -4.82. The summed E-state index contributed by atoms with van der Waals surface area (Å²) < 4.78 is 33.9. The highest BCUT2D eigenvalue weighted by molar-refractivity contribution is 6.31. The zero-order valence-corrected chi connectivity index (χ0v) is 22.0. The van der Waals surface area contributed by atoms with Crippen LogP contribution in [0.2, 0.25) is 5.02 Å². The maximum Gasteiger partial charge on any atom is 0.291 e. The minimum Gasteiger partial charge on any atom is -0.450 e. The van der Waals surface area contributed by atoms with Gasteiger partial charge < -0.3 is 14.2 Å². The quantitative estimate of drug-likeness (QED) is 0.260. The minimum absolute atomic E-state index is 0.0279. The third-order valence-corrected chi connectivity index (χ3v) is 8.11. The summed E-state index contributed by atoms with van der Waals surface area (Å²) in [5.41, 5.74) is -0.668. The van der Waals surface area contributed by atoms with E-state index in [1.54, 1.807) is 60.7 Å². The summed E-state index contributed by atoms with van der Waals surface area (Å²) >= 11 is 6.49. The SMILES string of the molecule is O=C1c2oc3ccc(F)cc3c(=O)c2C2(C(=O)N(Cc3ccc(F)cc3)c3ccccc32)N1Cc1ccccc1Cl. The summed E-state index contributed by atoms with van der Waals surface area (Å²) in [6.45, 7) is -0.0633. The van der Waals surface area contributed by atoms with E-state index < -0.39 is 34.4 Å². The lowest BCUT2D eigenvalue weighted by Gasteiger charge is -2.34. The minimum atomic E-state index is -1.91. The topological polar surface area (TPSA) is 70.8 Å². The number of halogens is 3. The van der Waals surface area contributed by atoms with Gasteiger partial charge in [0.05, 0.1) is 23.2 Å². The monoisotopic (exact) mass is 568 g/mol. The molecule has 4 aromatic carbocycles. The molecule has 0 N–H and O–H groups in total. The first-order valence-corrected chi connectivity index (χ1v) is 13.2. The van der Waals surface area contributed by atoms with Crippen LogP contribution in [0.15, 0.2) is 100 Å². The first kappa shape index (κ1) is 25.2. The van der Waals surface area contributed by atoms with Crippen LogP contribution in [-0.2, 0) is 23.4 Å². The molecule has 1 aromatic heterocycles. The molecular formula is C32H19ClF2N2O4. The van der Waals surface area contributed by atoms with Crippen LogP contribution in [-0.4, -0.2) is 16.7 Å². The molecule has 7 rings (SSSR count). The number of nitrogens with zero attached hydrogens (tertiary/aromatic N) is 2. The van der Waals surface area contributed by atoms with Crippen LogP contribution in [0.25, 0.3) is 11.0 Å². The number of hydrogen-bond donors (Lipinski definition) is 0. The van der Waals surface area contributed by atoms with Crippen LogP contribution in [0.3, 0.4) is 0 Å². The van der Waals surface area contributed by atoms with E-state index in [-0.39, 0.29) is 35.4 Å². The fraction of sp³-hybridized carbons (Fsp3) is 0.0938. The maximum atomic E-state index is 14.8. The van der Waals surface area contributed by atoms with E-state index >= 15 is 0 Å². The van der Waals surface area contributed by atoms with E-state index in [1.807, 2.05) is 0 Å². The summed E-state index contributed by atoms with van der Waals surface area (Å²) in [4.78, 5) is 45.9. The Bertz CT molecular complexity index is 1970. The van der Waals surface area contributed by atoms with E-state index in [2.05, 4.69) is 0 Å². The predicted molar refractivity (Wildman–Crippen MR) is 149 cm³/mol. The first-order valence-electron chi connectivity index (χ1n) is 12.8. The summed E-state index contributed by atoms with van der Waals surface area (Å²) in [5.74, 6) is -2.60. The first-order chi connectivity index (χ1) is 19.8. The fourth-order valence-electron chi connectivity index (χ4n) is 5.91. The summed E-state index contributed by atoms with van der Waals surface area (Å²) in [7, 11) is 0. The fourth-order valence-corrected chi connectivity index (χ4v) is 6.11. The van der Waals surface area contributed by atoms with Gasteiger partial charge in [0, 0.05) is 17.1 Å². The molecular weight excluding hydrogens is 550 g/mol. The number of carbonyl (C=O) groups is 2. The van der Waals surface area contributed by atoms with E-state index in [1.165, 1.54) is 28.0 Å². The van der Waals surface area contributed by atoms with Crippen molar-refractivity contribution in [2.24, 2.45) is 0 Å². The van der Waals surface area contributed by atoms with E-state index in [0.717, 1.165) is 12.1 Å². The van der Waals surface area contributed by atoms with Crippen LogP contribution in [0.5, 0.6) is 0 Å². The van der Waals surface area contributed by atoms with Crippen molar-refractivity contribution in [1.29, 1.82) is 0 Å². The molecule has 2 aliphatic heterocycles. The second kappa shape index (κ2) is 9.11. The Morgan fingerprint density at radius 2 is 1.51 bits per heavy atom. The lowest BCUT2D eigenvalue weighted by atomic mass is 9.83. The summed E-state index contributed by atoms with van der Waals surface area (Å²) in [5, 5.41) is 0.289. The molecule has 0 bridgehead atoms. The van der Waals surface area contributed by atoms with Crippen LogP contribution < -0.4 is 10.3 Å². The maximum absolute atomic E-state index is 14.8. The Kier molecular flexibility index (Phi) is 5.59. The number of rotatable bonds is 4. The second-order valence-electron chi connectivity index (χ2n) is 10.0. The van der Waals surface area contributed by atoms with Gasteiger partial charge in [0.2, 0.25) is 5.76 Å². The Morgan fingerprint density at radius 1 is 0.805 bits per heavy atom. The lowest BCUT2D eigenvalue weighted by molar-refractivity contribution is -0.126. The van der Waals surface area contributed by atoms with E-state index in [9.17, 15) is 23.2 Å². The average Bonchev–Trinajstić information content (AvgIpc) is 3.36. The van der Waals surface area contributed by atoms with Crippen molar-refractivity contribution in [3.8, 4) is 0 Å². The number of anilines is 1. The van der Waals surface area contributed by atoms with Gasteiger partial charge in [-0.2, -0.15) is 0 Å². The highest BCUT2D eigenvalue weighted by atomic mass is 35.5. The molecule has 6 nitrogen and oxygen atoms in total. The van der Waals surface area contributed by atoms with Gasteiger partial charge in [0.25, 0.3) is 11.8 Å². The molecule has 0 saturated heterocycles. The predicted octanol–water partition coefficient (Wildman–Crippen LogP) is 6.17. The van der Waals surface area contributed by atoms with Gasteiger partial charge in [-0.25, -0.2) is 8.78 Å². The second-order valence-corrected chi connectivity index (χ2v) is 10.4. The zero-order chi connectivity index (χ0) is 28.5. The van der Waals surface area contributed by atoms with Crippen molar-refractivity contribution in [3.63, 3.8) is 0 Å². The van der Waals surface area contributed by atoms with Gasteiger partial charge in [-0.15, -0.1) is 0 Å². The standard InChI is InChI=1S/C32H19ClF2N2O4/c33-24-7-3-1-5-19(24)17-37-30(39)29-27(28(38)22-15-21(35)13-14-26(22)41-29)32(37)23-6-2-4-8-25(23)36(31(32)40)16-18-9-11-20(34)12-10-18/h1-15H,16-17H2. The number of benzene rings is 4. The third kappa shape index (κ3) is 3.57. The molecule has 5 aromatic rings. The number of para-hydroxylation sites is 1. The molecule has 1 spiro atoms. The molecule has 202 valence electrons. The van der Waals surface area contributed by atoms with Crippen molar-refractivity contribution in [1.82, 2.24) is 4.90 Å². The summed E-state index contributed by atoms with van der Waals surface area (Å²) in [6.07, 6.45) is 0. The number of fused-ring (bicyclic) bond motifs is 5. The number of hydrogen-bond acceptors (Lipinski definition) is 4. The Balaban J connectivity index is 1.52. The molecule has 0 aliphatic carbocycles. The van der Waals surface area contributed by atoms with Gasteiger partial charge in [-0.3, -0.25) is 14.4 Å². The van der Waals surface area contributed by atoms with Crippen molar-refractivity contribution in [3.05, 3.63) is 146 Å². The molecule has 3 heterocycles.